The average molecular weight is 450 g/mol. The van der Waals surface area contributed by atoms with Gasteiger partial charge in [-0.15, -0.1) is 0 Å². The first kappa shape index (κ1) is 20.7. The Morgan fingerprint density at radius 1 is 1.21 bits per heavy atom. The van der Waals surface area contributed by atoms with E-state index in [4.69, 9.17) is 24.1 Å². The number of hydrogen-bond donors (Lipinski definition) is 2. The Morgan fingerprint density at radius 2 is 1.94 bits per heavy atom. The number of carbonyl (C=O) groups excluding carboxylic acids is 1. The fraction of sp³-hybridized carbons (Fsp3) is 0.250. The van der Waals surface area contributed by atoms with Crippen molar-refractivity contribution in [2.24, 2.45) is 0 Å². The summed E-state index contributed by atoms with van der Waals surface area (Å²) in [6, 6.07) is 11.0. The number of aromatic amines is 1. The van der Waals surface area contributed by atoms with E-state index in [-0.39, 0.29) is 17.9 Å². The van der Waals surface area contributed by atoms with Crippen LogP contribution in [-0.4, -0.2) is 53.9 Å². The van der Waals surface area contributed by atoms with Crippen LogP contribution in [0.5, 0.6) is 17.2 Å². The number of H-pyrrole nitrogens is 1. The van der Waals surface area contributed by atoms with E-state index >= 15 is 0 Å². The zero-order chi connectivity index (χ0) is 23.1. The quantitative estimate of drug-likeness (QED) is 0.436. The Morgan fingerprint density at radius 3 is 2.64 bits per heavy atom. The molecule has 2 N–H and O–H groups in total. The van der Waals surface area contributed by atoms with Crippen LogP contribution in [0, 0.1) is 0 Å². The van der Waals surface area contributed by atoms with E-state index in [1.54, 1.807) is 17.0 Å². The number of aromatic nitrogens is 1. The predicted octanol–water partition coefficient (Wildman–Crippen LogP) is 3.63. The minimum Gasteiger partial charge on any atom is -0.493 e. The van der Waals surface area contributed by atoms with E-state index in [9.17, 15) is 9.59 Å². The minimum absolute atomic E-state index is 0.0966. The summed E-state index contributed by atoms with van der Waals surface area (Å²) < 4.78 is 22.0. The Balaban J connectivity index is 1.67. The van der Waals surface area contributed by atoms with Gasteiger partial charge in [0.1, 0.15) is 12.6 Å². The fourth-order valence-corrected chi connectivity index (χ4v) is 4.66. The Hall–Kier alpha value is -4.14. The highest BCUT2D eigenvalue weighted by Crippen LogP contribution is 2.47. The molecular weight excluding hydrogens is 428 g/mol. The van der Waals surface area contributed by atoms with Crippen molar-refractivity contribution in [3.63, 3.8) is 0 Å². The van der Waals surface area contributed by atoms with Crippen molar-refractivity contribution in [3.8, 4) is 17.2 Å². The molecule has 3 heterocycles. The number of nitrogens with one attached hydrogen (secondary N) is 1. The SMILES string of the molecule is COc1cc(C2c3[nH]c4ccccc4c3CC3COC(=O)N32)cc(OC)c1O/C=C/C(=O)O. The van der Waals surface area contributed by atoms with Crippen molar-refractivity contribution in [2.75, 3.05) is 20.8 Å². The number of methoxy groups -OCH3 is 2. The summed E-state index contributed by atoms with van der Waals surface area (Å²) in [4.78, 5) is 28.8. The number of rotatable bonds is 6. The third-order valence-electron chi connectivity index (χ3n) is 6.04. The molecule has 3 aromatic rings. The van der Waals surface area contributed by atoms with E-state index in [1.165, 1.54) is 14.2 Å². The largest absolute Gasteiger partial charge is 0.493 e. The Kier molecular flexibility index (Phi) is 5.08. The molecule has 9 nitrogen and oxygen atoms in total. The van der Waals surface area contributed by atoms with Crippen molar-refractivity contribution < 1.29 is 33.6 Å². The maximum Gasteiger partial charge on any atom is 0.411 e. The highest BCUT2D eigenvalue weighted by atomic mass is 16.6. The second-order valence-corrected chi connectivity index (χ2v) is 7.82. The first-order chi connectivity index (χ1) is 16.0. The number of carboxylic acids is 1. The van der Waals surface area contributed by atoms with E-state index in [2.05, 4.69) is 11.1 Å². The van der Waals surface area contributed by atoms with E-state index in [1.807, 2.05) is 18.2 Å². The van der Waals surface area contributed by atoms with Gasteiger partial charge in [-0.05, 0) is 35.7 Å². The topological polar surface area (TPSA) is 110 Å². The molecule has 1 saturated heterocycles. The summed E-state index contributed by atoms with van der Waals surface area (Å²) in [5.41, 5.74) is 3.81. The third kappa shape index (κ3) is 3.42. The van der Waals surface area contributed by atoms with Crippen LogP contribution >= 0.6 is 0 Å². The number of fused-ring (bicyclic) bond motifs is 4. The molecule has 0 bridgehead atoms. The van der Waals surface area contributed by atoms with Crippen LogP contribution in [0.1, 0.15) is 22.9 Å². The van der Waals surface area contributed by atoms with E-state index < -0.39 is 12.0 Å². The van der Waals surface area contributed by atoms with Crippen LogP contribution < -0.4 is 14.2 Å². The van der Waals surface area contributed by atoms with Gasteiger partial charge in [0.15, 0.2) is 11.5 Å². The number of ether oxygens (including phenoxy) is 4. The molecule has 1 fully saturated rings. The average Bonchev–Trinajstić information content (AvgIpc) is 3.37. The summed E-state index contributed by atoms with van der Waals surface area (Å²) in [6.45, 7) is 0.323. The Bertz CT molecular complexity index is 1250. The summed E-state index contributed by atoms with van der Waals surface area (Å²) in [5.74, 6) is -0.232. The monoisotopic (exact) mass is 450 g/mol. The number of carboxylic acid groups (broad SMARTS) is 1. The van der Waals surface area contributed by atoms with Crippen molar-refractivity contribution in [2.45, 2.75) is 18.5 Å². The summed E-state index contributed by atoms with van der Waals surface area (Å²) in [7, 11) is 2.96. The van der Waals surface area contributed by atoms with E-state index in [0.717, 1.165) is 40.1 Å². The standard InChI is InChI=1S/C24H22N2O7/c1-30-18-9-13(10-19(31-2)23(18)32-8-7-20(27)28)22-21-16(11-14-12-33-24(29)26(14)22)15-5-3-4-6-17(15)25-21/h3-10,14,22,25H,11-12H2,1-2H3,(H,27,28)/b8-7+. The zero-order valence-electron chi connectivity index (χ0n) is 18.0. The lowest BCUT2D eigenvalue weighted by Crippen LogP contribution is -2.42. The molecule has 0 saturated carbocycles. The predicted molar refractivity (Wildman–Crippen MR) is 118 cm³/mol. The summed E-state index contributed by atoms with van der Waals surface area (Å²) in [5, 5.41) is 9.96. The third-order valence-corrected chi connectivity index (χ3v) is 6.04. The van der Waals surface area contributed by atoms with Gasteiger partial charge in [-0.3, -0.25) is 4.90 Å². The molecule has 2 atom stereocenters. The van der Waals surface area contributed by atoms with Crippen LogP contribution in [0.25, 0.3) is 10.9 Å². The number of nitrogens with zero attached hydrogens (tertiary/aromatic N) is 1. The maximum atomic E-state index is 12.7. The van der Waals surface area contributed by atoms with Gasteiger partial charge in [0, 0.05) is 16.6 Å². The molecular formula is C24H22N2O7. The number of para-hydroxylation sites is 1. The van der Waals surface area contributed by atoms with Crippen molar-refractivity contribution >= 4 is 23.0 Å². The van der Waals surface area contributed by atoms with Crippen molar-refractivity contribution in [3.05, 3.63) is 65.6 Å². The molecule has 170 valence electrons. The molecule has 1 amide bonds. The van der Waals surface area contributed by atoms with Gasteiger partial charge < -0.3 is 29.0 Å². The number of benzene rings is 2. The van der Waals surface area contributed by atoms with Crippen LogP contribution in [0.2, 0.25) is 0 Å². The molecule has 0 spiro atoms. The molecule has 33 heavy (non-hydrogen) atoms. The molecule has 1 aromatic heterocycles. The van der Waals surface area contributed by atoms with Gasteiger partial charge in [-0.2, -0.15) is 0 Å². The van der Waals surface area contributed by atoms with Gasteiger partial charge in [0.2, 0.25) is 5.75 Å². The smallest absolute Gasteiger partial charge is 0.411 e. The maximum absolute atomic E-state index is 12.7. The molecule has 0 radical (unpaired) electrons. The number of aliphatic carboxylic acids is 1. The van der Waals surface area contributed by atoms with Gasteiger partial charge in [-0.1, -0.05) is 18.2 Å². The fourth-order valence-electron chi connectivity index (χ4n) is 4.66. The number of carbonyl (C=O) groups is 2. The first-order valence-corrected chi connectivity index (χ1v) is 10.4. The molecule has 9 heteroatoms. The van der Waals surface area contributed by atoms with Crippen molar-refractivity contribution in [1.82, 2.24) is 9.88 Å². The molecule has 5 rings (SSSR count). The minimum atomic E-state index is -1.14. The normalized spacial score (nSPS) is 19.3. The lowest BCUT2D eigenvalue weighted by Gasteiger charge is -2.36. The Labute approximate surface area is 189 Å². The second kappa shape index (κ2) is 8.09. The van der Waals surface area contributed by atoms with Gasteiger partial charge in [0.25, 0.3) is 0 Å². The van der Waals surface area contributed by atoms with E-state index in [0.29, 0.717) is 24.5 Å². The van der Waals surface area contributed by atoms with Crippen LogP contribution in [-0.2, 0) is 16.0 Å². The first-order valence-electron chi connectivity index (χ1n) is 10.4. The van der Waals surface area contributed by atoms with Crippen LogP contribution in [0.3, 0.4) is 0 Å². The highest BCUT2D eigenvalue weighted by Gasteiger charge is 2.45. The number of amides is 1. The molecule has 0 aliphatic carbocycles. The zero-order valence-corrected chi connectivity index (χ0v) is 18.0. The lowest BCUT2D eigenvalue weighted by molar-refractivity contribution is -0.131. The van der Waals surface area contributed by atoms with Gasteiger partial charge in [0.05, 0.1) is 32.6 Å². The molecule has 2 aliphatic heterocycles. The summed E-state index contributed by atoms with van der Waals surface area (Å²) in [6.07, 6.45) is 2.23. The molecule has 2 aliphatic rings. The highest BCUT2D eigenvalue weighted by molar-refractivity contribution is 5.86. The van der Waals surface area contributed by atoms with Crippen LogP contribution in [0.15, 0.2) is 48.7 Å². The summed E-state index contributed by atoms with van der Waals surface area (Å²) >= 11 is 0. The van der Waals surface area contributed by atoms with Crippen LogP contribution in [0.4, 0.5) is 4.79 Å². The number of hydrogen-bond acceptors (Lipinski definition) is 6. The second-order valence-electron chi connectivity index (χ2n) is 7.82. The molecule has 2 aromatic carbocycles. The molecule has 2 unspecified atom stereocenters. The number of cyclic esters (lactones) is 1. The van der Waals surface area contributed by atoms with Crippen molar-refractivity contribution in [1.29, 1.82) is 0 Å². The van der Waals surface area contributed by atoms with Gasteiger partial charge in [-0.25, -0.2) is 9.59 Å². The van der Waals surface area contributed by atoms with Gasteiger partial charge >= 0.3 is 12.1 Å². The lowest BCUT2D eigenvalue weighted by atomic mass is 9.89.